The fraction of sp³-hybridized carbons (Fsp3) is 0.409. The number of halogens is 2. The van der Waals surface area contributed by atoms with Gasteiger partial charge in [0.2, 0.25) is 0 Å². The minimum atomic E-state index is -0.754. The van der Waals surface area contributed by atoms with Gasteiger partial charge < -0.3 is 9.64 Å². The third-order valence-electron chi connectivity index (χ3n) is 5.61. The predicted molar refractivity (Wildman–Crippen MR) is 111 cm³/mol. The molecule has 1 aliphatic rings. The first-order chi connectivity index (χ1) is 14.3. The number of benzene rings is 1. The number of anilines is 1. The number of morpholine rings is 1. The Kier molecular flexibility index (Phi) is 5.27. The number of nitrogens with zero attached hydrogens (tertiary/aromatic N) is 4. The van der Waals surface area contributed by atoms with Crippen molar-refractivity contribution in [1.82, 2.24) is 14.4 Å². The molecule has 0 N–H and O–H groups in total. The van der Waals surface area contributed by atoms with Crippen molar-refractivity contribution >= 4 is 11.5 Å². The van der Waals surface area contributed by atoms with E-state index in [0.717, 1.165) is 6.07 Å². The summed E-state index contributed by atoms with van der Waals surface area (Å²) in [4.78, 5) is 24.2. The number of aromatic nitrogens is 3. The minimum absolute atomic E-state index is 0.0249. The molecule has 8 heteroatoms. The molecule has 1 fully saturated rings. The Morgan fingerprint density at radius 1 is 1.20 bits per heavy atom. The van der Waals surface area contributed by atoms with E-state index in [9.17, 15) is 13.6 Å². The average Bonchev–Trinajstić information content (AvgIpc) is 2.72. The highest BCUT2D eigenvalue weighted by molar-refractivity contribution is 5.76. The van der Waals surface area contributed by atoms with E-state index in [1.54, 1.807) is 20.0 Å². The summed E-state index contributed by atoms with van der Waals surface area (Å²) in [7, 11) is 0. The maximum absolute atomic E-state index is 14.7. The first kappa shape index (κ1) is 20.4. The molecular weight excluding hydrogens is 390 g/mol. The normalized spacial score (nSPS) is 17.2. The fourth-order valence-corrected chi connectivity index (χ4v) is 3.63. The number of aryl methyl sites for hydroxylation is 1. The van der Waals surface area contributed by atoms with Gasteiger partial charge in [-0.1, -0.05) is 13.8 Å². The molecule has 0 amide bonds. The van der Waals surface area contributed by atoms with Crippen LogP contribution in [0.2, 0.25) is 0 Å². The Bertz CT molecular complexity index is 1180. The van der Waals surface area contributed by atoms with Crippen LogP contribution in [0.3, 0.4) is 0 Å². The zero-order valence-corrected chi connectivity index (χ0v) is 17.4. The number of hydrogen-bond acceptors (Lipinski definition) is 5. The van der Waals surface area contributed by atoms with E-state index in [0.29, 0.717) is 42.7 Å². The molecule has 3 heterocycles. The van der Waals surface area contributed by atoms with E-state index in [1.165, 1.54) is 16.5 Å². The minimum Gasteiger partial charge on any atom is -0.374 e. The Morgan fingerprint density at radius 3 is 2.67 bits per heavy atom. The summed E-state index contributed by atoms with van der Waals surface area (Å²) in [5, 5.41) is 0. The lowest BCUT2D eigenvalue weighted by Crippen LogP contribution is -2.45. The first-order valence-electron chi connectivity index (χ1n) is 9.99. The number of ether oxygens (including phenoxy) is 1. The van der Waals surface area contributed by atoms with Gasteiger partial charge in [-0.2, -0.15) is 0 Å². The molecule has 1 atom stereocenters. The molecule has 0 radical (unpaired) electrons. The summed E-state index contributed by atoms with van der Waals surface area (Å²) in [6.45, 7) is 9.34. The molecule has 30 heavy (non-hydrogen) atoms. The van der Waals surface area contributed by atoms with E-state index in [4.69, 9.17) is 4.74 Å². The summed E-state index contributed by atoms with van der Waals surface area (Å²) in [6, 6.07) is 3.31. The number of fused-ring (bicyclic) bond motifs is 1. The SMILES string of the molecule is Cc1nc2c(-c3ccc(F)cc3F)nc(N3CCO[C@@H](C(C)C)C3)cn2c(=O)c1C. The van der Waals surface area contributed by atoms with Crippen molar-refractivity contribution in [2.24, 2.45) is 5.92 Å². The van der Waals surface area contributed by atoms with E-state index in [1.807, 2.05) is 4.90 Å². The molecule has 0 aliphatic carbocycles. The van der Waals surface area contributed by atoms with Gasteiger partial charge >= 0.3 is 0 Å². The molecule has 0 unspecified atom stereocenters. The molecule has 158 valence electrons. The topological polar surface area (TPSA) is 59.7 Å². The van der Waals surface area contributed by atoms with Crippen LogP contribution in [-0.2, 0) is 4.74 Å². The van der Waals surface area contributed by atoms with Crippen LogP contribution in [0.15, 0.2) is 29.2 Å². The number of hydrogen-bond donors (Lipinski definition) is 0. The average molecular weight is 414 g/mol. The third kappa shape index (κ3) is 3.56. The summed E-state index contributed by atoms with van der Waals surface area (Å²) < 4.78 is 35.4. The second-order valence-electron chi connectivity index (χ2n) is 7.99. The van der Waals surface area contributed by atoms with Crippen LogP contribution in [0.1, 0.15) is 25.1 Å². The predicted octanol–water partition coefficient (Wildman–Crippen LogP) is 3.51. The largest absolute Gasteiger partial charge is 0.374 e. The Hall–Kier alpha value is -2.87. The zero-order valence-electron chi connectivity index (χ0n) is 17.4. The summed E-state index contributed by atoms with van der Waals surface area (Å²) in [5.41, 5.74) is 1.36. The molecule has 0 bridgehead atoms. The molecular formula is C22H24F2N4O2. The highest BCUT2D eigenvalue weighted by Gasteiger charge is 2.26. The summed E-state index contributed by atoms with van der Waals surface area (Å²) >= 11 is 0. The molecule has 1 saturated heterocycles. The van der Waals surface area contributed by atoms with Gasteiger partial charge in [0.25, 0.3) is 5.56 Å². The summed E-state index contributed by atoms with van der Waals surface area (Å²) in [5.74, 6) is -0.586. The standard InChI is InChI=1S/C22H24F2N4O2/c1-12(2)18-10-27(7-8-30-18)19-11-28-21(25-14(4)13(3)22(28)29)20(26-19)16-6-5-15(23)9-17(16)24/h5-6,9,11-12,18H,7-8,10H2,1-4H3/t18-/m1/s1. The van der Waals surface area contributed by atoms with Gasteiger partial charge in [-0.05, 0) is 31.9 Å². The molecule has 3 aromatic rings. The lowest BCUT2D eigenvalue weighted by Gasteiger charge is -2.35. The highest BCUT2D eigenvalue weighted by Crippen LogP contribution is 2.28. The maximum atomic E-state index is 14.7. The Balaban J connectivity index is 1.96. The first-order valence-corrected chi connectivity index (χ1v) is 9.99. The Morgan fingerprint density at radius 2 is 1.97 bits per heavy atom. The second-order valence-corrected chi connectivity index (χ2v) is 7.99. The van der Waals surface area contributed by atoms with Crippen LogP contribution < -0.4 is 10.5 Å². The van der Waals surface area contributed by atoms with Crippen LogP contribution in [0.5, 0.6) is 0 Å². The van der Waals surface area contributed by atoms with Crippen molar-refractivity contribution < 1.29 is 13.5 Å². The van der Waals surface area contributed by atoms with Crippen LogP contribution in [-0.4, -0.2) is 40.2 Å². The van der Waals surface area contributed by atoms with E-state index < -0.39 is 11.6 Å². The van der Waals surface area contributed by atoms with Crippen LogP contribution in [0, 0.1) is 31.4 Å². The van der Waals surface area contributed by atoms with Gasteiger partial charge in [-0.3, -0.25) is 9.20 Å². The maximum Gasteiger partial charge on any atom is 0.261 e. The number of rotatable bonds is 3. The van der Waals surface area contributed by atoms with Crippen LogP contribution in [0.4, 0.5) is 14.6 Å². The molecule has 0 spiro atoms. The van der Waals surface area contributed by atoms with Crippen molar-refractivity contribution in [3.8, 4) is 11.3 Å². The highest BCUT2D eigenvalue weighted by atomic mass is 19.1. The second kappa shape index (κ2) is 7.75. The van der Waals surface area contributed by atoms with Crippen molar-refractivity contribution in [2.75, 3.05) is 24.6 Å². The lowest BCUT2D eigenvalue weighted by atomic mass is 10.1. The van der Waals surface area contributed by atoms with Gasteiger partial charge in [0, 0.05) is 36.0 Å². The molecule has 1 aliphatic heterocycles. The molecule has 2 aromatic heterocycles. The van der Waals surface area contributed by atoms with Crippen molar-refractivity contribution in [3.63, 3.8) is 0 Å². The monoisotopic (exact) mass is 414 g/mol. The van der Waals surface area contributed by atoms with Gasteiger partial charge in [-0.15, -0.1) is 0 Å². The van der Waals surface area contributed by atoms with Crippen LogP contribution in [0.25, 0.3) is 16.9 Å². The van der Waals surface area contributed by atoms with Crippen LogP contribution >= 0.6 is 0 Å². The third-order valence-corrected chi connectivity index (χ3v) is 5.61. The van der Waals surface area contributed by atoms with Gasteiger partial charge in [0.15, 0.2) is 5.65 Å². The van der Waals surface area contributed by atoms with Crippen molar-refractivity contribution in [1.29, 1.82) is 0 Å². The molecule has 4 rings (SSSR count). The lowest BCUT2D eigenvalue weighted by molar-refractivity contribution is 0.0111. The quantitative estimate of drug-likeness (QED) is 0.657. The van der Waals surface area contributed by atoms with E-state index in [2.05, 4.69) is 23.8 Å². The fourth-order valence-electron chi connectivity index (χ4n) is 3.63. The van der Waals surface area contributed by atoms with Gasteiger partial charge in [0.05, 0.1) is 18.9 Å². The van der Waals surface area contributed by atoms with Crippen molar-refractivity contribution in [3.05, 3.63) is 57.6 Å². The van der Waals surface area contributed by atoms with Crippen molar-refractivity contribution in [2.45, 2.75) is 33.8 Å². The van der Waals surface area contributed by atoms with Gasteiger partial charge in [-0.25, -0.2) is 18.7 Å². The molecule has 1 aromatic carbocycles. The summed E-state index contributed by atoms with van der Waals surface area (Å²) in [6.07, 6.45) is 1.67. The molecule has 0 saturated carbocycles. The molecule has 6 nitrogen and oxygen atoms in total. The van der Waals surface area contributed by atoms with E-state index in [-0.39, 0.29) is 28.6 Å². The van der Waals surface area contributed by atoms with Gasteiger partial charge in [0.1, 0.15) is 23.1 Å². The van der Waals surface area contributed by atoms with E-state index >= 15 is 0 Å². The Labute approximate surface area is 173 Å². The smallest absolute Gasteiger partial charge is 0.261 e. The zero-order chi connectivity index (χ0) is 21.6.